The molecular formula is C17H19N3O4. The van der Waals surface area contributed by atoms with Gasteiger partial charge in [-0.15, -0.1) is 0 Å². The Balaban J connectivity index is 1.69. The van der Waals surface area contributed by atoms with E-state index in [4.69, 9.17) is 4.52 Å². The van der Waals surface area contributed by atoms with Gasteiger partial charge in [-0.3, -0.25) is 14.9 Å². The van der Waals surface area contributed by atoms with Crippen molar-refractivity contribution in [1.29, 1.82) is 0 Å². The Morgan fingerprint density at radius 3 is 2.96 bits per heavy atom. The third-order valence-corrected chi connectivity index (χ3v) is 4.96. The number of imide groups is 1. The van der Waals surface area contributed by atoms with Crippen molar-refractivity contribution in [2.75, 3.05) is 24.6 Å². The van der Waals surface area contributed by atoms with E-state index in [-0.39, 0.29) is 24.3 Å². The molecule has 0 saturated carbocycles. The Labute approximate surface area is 138 Å². The van der Waals surface area contributed by atoms with Gasteiger partial charge in [0.05, 0.1) is 11.6 Å². The van der Waals surface area contributed by atoms with Crippen LogP contribution < -0.4 is 10.2 Å². The van der Waals surface area contributed by atoms with Crippen molar-refractivity contribution >= 4 is 28.5 Å². The van der Waals surface area contributed by atoms with E-state index in [1.807, 2.05) is 18.2 Å². The maximum atomic E-state index is 12.1. The molecule has 0 spiro atoms. The molecule has 2 aliphatic heterocycles. The summed E-state index contributed by atoms with van der Waals surface area (Å²) in [6.45, 7) is 1.83. The minimum Gasteiger partial charge on any atom is -0.396 e. The summed E-state index contributed by atoms with van der Waals surface area (Å²) in [7, 11) is 0. The molecule has 4 rings (SSSR count). The summed E-state index contributed by atoms with van der Waals surface area (Å²) in [6.07, 6.45) is 1.71. The summed E-state index contributed by atoms with van der Waals surface area (Å²) < 4.78 is 5.57. The van der Waals surface area contributed by atoms with Gasteiger partial charge in [-0.2, -0.15) is 0 Å². The van der Waals surface area contributed by atoms with Gasteiger partial charge in [0, 0.05) is 37.4 Å². The highest BCUT2D eigenvalue weighted by Gasteiger charge is 2.33. The summed E-state index contributed by atoms with van der Waals surface area (Å²) in [5.41, 5.74) is 2.19. The van der Waals surface area contributed by atoms with Crippen LogP contribution in [-0.2, 0) is 9.59 Å². The van der Waals surface area contributed by atoms with Gasteiger partial charge in [0.2, 0.25) is 11.8 Å². The zero-order valence-corrected chi connectivity index (χ0v) is 13.2. The number of carbonyl (C=O) groups excluding carboxylic acids is 2. The number of anilines is 1. The van der Waals surface area contributed by atoms with E-state index in [0.29, 0.717) is 24.1 Å². The number of aliphatic hydroxyl groups excluding tert-OH is 1. The summed E-state index contributed by atoms with van der Waals surface area (Å²) in [5, 5.41) is 16.7. The Morgan fingerprint density at radius 1 is 1.33 bits per heavy atom. The second kappa shape index (κ2) is 5.90. The lowest BCUT2D eigenvalue weighted by molar-refractivity contribution is -0.134. The van der Waals surface area contributed by atoms with E-state index >= 15 is 0 Å². The molecule has 126 valence electrons. The number of nitrogens with one attached hydrogen (secondary N) is 1. The molecule has 0 bridgehead atoms. The molecule has 0 aliphatic carbocycles. The highest BCUT2D eigenvalue weighted by Crippen LogP contribution is 2.36. The molecule has 7 nitrogen and oxygen atoms in total. The van der Waals surface area contributed by atoms with Crippen molar-refractivity contribution in [2.45, 2.75) is 25.2 Å². The quantitative estimate of drug-likeness (QED) is 0.821. The predicted octanol–water partition coefficient (Wildman–Crippen LogP) is 1.17. The van der Waals surface area contributed by atoms with Gasteiger partial charge in [-0.1, -0.05) is 11.2 Å². The molecule has 7 heteroatoms. The van der Waals surface area contributed by atoms with Crippen LogP contribution >= 0.6 is 0 Å². The summed E-state index contributed by atoms with van der Waals surface area (Å²) in [6, 6.07) is 5.80. The van der Waals surface area contributed by atoms with Crippen LogP contribution in [0.3, 0.4) is 0 Å². The minimum absolute atomic E-state index is 0.185. The number of nitrogens with zero attached hydrogens (tertiary/aromatic N) is 2. The van der Waals surface area contributed by atoms with E-state index in [2.05, 4.69) is 15.4 Å². The minimum atomic E-state index is -0.456. The van der Waals surface area contributed by atoms with Crippen LogP contribution in [0.4, 0.5) is 5.69 Å². The highest BCUT2D eigenvalue weighted by atomic mass is 16.5. The van der Waals surface area contributed by atoms with Crippen LogP contribution in [0.2, 0.25) is 0 Å². The van der Waals surface area contributed by atoms with Crippen molar-refractivity contribution in [3.63, 3.8) is 0 Å². The fourth-order valence-corrected chi connectivity index (χ4v) is 3.62. The van der Waals surface area contributed by atoms with Crippen LogP contribution in [0.25, 0.3) is 11.0 Å². The normalized spacial score (nSPS) is 24.6. The van der Waals surface area contributed by atoms with Gasteiger partial charge in [-0.05, 0) is 25.0 Å². The lowest BCUT2D eigenvalue weighted by atomic mass is 9.92. The summed E-state index contributed by atoms with van der Waals surface area (Å²) in [5.74, 6) is -0.731. The Bertz CT molecular complexity index is 800. The number of hydrogen-bond acceptors (Lipinski definition) is 6. The van der Waals surface area contributed by atoms with Crippen molar-refractivity contribution in [1.82, 2.24) is 10.5 Å². The first kappa shape index (κ1) is 15.1. The van der Waals surface area contributed by atoms with Crippen LogP contribution in [0.1, 0.15) is 30.9 Å². The Hall–Kier alpha value is -2.41. The van der Waals surface area contributed by atoms with Crippen LogP contribution in [0, 0.1) is 5.92 Å². The Morgan fingerprint density at radius 2 is 2.21 bits per heavy atom. The average molecular weight is 329 g/mol. The molecule has 3 heterocycles. The second-order valence-corrected chi connectivity index (χ2v) is 6.51. The lowest BCUT2D eigenvalue weighted by Crippen LogP contribution is -2.39. The van der Waals surface area contributed by atoms with Gasteiger partial charge in [0.1, 0.15) is 5.69 Å². The van der Waals surface area contributed by atoms with E-state index in [9.17, 15) is 14.7 Å². The number of piperidine rings is 1. The zero-order valence-electron chi connectivity index (χ0n) is 13.2. The second-order valence-electron chi connectivity index (χ2n) is 6.51. The molecule has 24 heavy (non-hydrogen) atoms. The topological polar surface area (TPSA) is 95.7 Å². The smallest absolute Gasteiger partial charge is 0.235 e. The van der Waals surface area contributed by atoms with E-state index in [1.165, 1.54) is 0 Å². The fourth-order valence-electron chi connectivity index (χ4n) is 3.62. The molecule has 2 saturated heterocycles. The van der Waals surface area contributed by atoms with Crippen LogP contribution in [0.15, 0.2) is 22.7 Å². The molecule has 1 aromatic carbocycles. The molecule has 2 aliphatic rings. The zero-order chi connectivity index (χ0) is 16.7. The molecule has 2 aromatic rings. The molecule has 2 N–H and O–H groups in total. The molecule has 1 unspecified atom stereocenters. The first-order chi connectivity index (χ1) is 11.7. The molecule has 2 atom stereocenters. The number of hydrogen-bond donors (Lipinski definition) is 2. The van der Waals surface area contributed by atoms with Crippen LogP contribution in [-0.4, -0.2) is 41.8 Å². The number of rotatable bonds is 3. The molecular weight excluding hydrogens is 310 g/mol. The number of benzene rings is 1. The predicted molar refractivity (Wildman–Crippen MR) is 86.5 cm³/mol. The number of aromatic nitrogens is 1. The monoisotopic (exact) mass is 329 g/mol. The van der Waals surface area contributed by atoms with Crippen molar-refractivity contribution < 1.29 is 19.2 Å². The SMILES string of the molecule is O=C1CCC(c2noc3c(N4CC[C@H](CO)C4)cccc23)C(=O)N1. The first-order valence-corrected chi connectivity index (χ1v) is 8.25. The van der Waals surface area contributed by atoms with Gasteiger partial charge >= 0.3 is 0 Å². The highest BCUT2D eigenvalue weighted by molar-refractivity contribution is 6.03. The summed E-state index contributed by atoms with van der Waals surface area (Å²) >= 11 is 0. The number of aliphatic hydroxyl groups is 1. The van der Waals surface area contributed by atoms with Gasteiger partial charge in [0.25, 0.3) is 0 Å². The van der Waals surface area contributed by atoms with Gasteiger partial charge < -0.3 is 14.5 Å². The molecule has 1 aromatic heterocycles. The van der Waals surface area contributed by atoms with Crippen LogP contribution in [0.5, 0.6) is 0 Å². The largest absolute Gasteiger partial charge is 0.396 e. The Kier molecular flexibility index (Phi) is 3.72. The summed E-state index contributed by atoms with van der Waals surface area (Å²) in [4.78, 5) is 25.6. The average Bonchev–Trinajstić information content (AvgIpc) is 3.21. The standard InChI is InChI=1S/C17H19N3O4/c21-9-10-6-7-20(8-10)13-3-1-2-11-15(19-24-16(11)13)12-4-5-14(22)18-17(12)23/h1-3,10,12,21H,4-9H2,(H,18,22,23)/t10-,12?/m0/s1. The lowest BCUT2D eigenvalue weighted by Gasteiger charge is -2.19. The van der Waals surface area contributed by atoms with Crippen molar-refractivity contribution in [3.8, 4) is 0 Å². The molecule has 0 radical (unpaired) electrons. The number of carbonyl (C=O) groups is 2. The van der Waals surface area contributed by atoms with E-state index < -0.39 is 5.92 Å². The van der Waals surface area contributed by atoms with E-state index in [1.54, 1.807) is 0 Å². The van der Waals surface area contributed by atoms with Crippen molar-refractivity contribution in [2.24, 2.45) is 5.92 Å². The maximum absolute atomic E-state index is 12.1. The van der Waals surface area contributed by atoms with Gasteiger partial charge in [-0.25, -0.2) is 0 Å². The molecule has 2 fully saturated rings. The van der Waals surface area contributed by atoms with Crippen molar-refractivity contribution in [3.05, 3.63) is 23.9 Å². The van der Waals surface area contributed by atoms with E-state index in [0.717, 1.165) is 30.6 Å². The number of amides is 2. The third kappa shape index (κ3) is 2.45. The number of fused-ring (bicyclic) bond motifs is 1. The third-order valence-electron chi connectivity index (χ3n) is 4.96. The maximum Gasteiger partial charge on any atom is 0.235 e. The van der Waals surface area contributed by atoms with Gasteiger partial charge in [0.15, 0.2) is 5.58 Å². The first-order valence-electron chi connectivity index (χ1n) is 8.25. The number of para-hydroxylation sites is 1. The molecule has 2 amide bonds. The fraction of sp³-hybridized carbons (Fsp3) is 0.471.